The molecule has 0 fully saturated rings. The minimum atomic E-state index is 0.310. The highest BCUT2D eigenvalue weighted by molar-refractivity contribution is 5.42. The average molecular weight is 280 g/mol. The molecule has 0 aliphatic carbocycles. The van der Waals surface area contributed by atoms with Gasteiger partial charge in [0, 0.05) is 0 Å². The van der Waals surface area contributed by atoms with Gasteiger partial charge < -0.3 is 0 Å². The number of hydrogen-bond acceptors (Lipinski definition) is 2. The molecule has 0 N–H and O–H groups in total. The summed E-state index contributed by atoms with van der Waals surface area (Å²) in [4.78, 5) is 0. The Morgan fingerprint density at radius 2 is 1.14 bits per heavy atom. The summed E-state index contributed by atoms with van der Waals surface area (Å²) < 4.78 is 0. The summed E-state index contributed by atoms with van der Waals surface area (Å²) in [6, 6.07) is 16.6. The fourth-order valence-corrected chi connectivity index (χ4v) is 2.21. The molecule has 0 spiro atoms. The molecule has 0 bridgehead atoms. The highest BCUT2D eigenvalue weighted by Gasteiger charge is 2.10. The van der Waals surface area contributed by atoms with Gasteiger partial charge in [0.25, 0.3) is 0 Å². The Morgan fingerprint density at radius 3 is 1.52 bits per heavy atom. The summed E-state index contributed by atoms with van der Waals surface area (Å²) in [6.45, 7) is 8.90. The van der Waals surface area contributed by atoms with E-state index in [1.165, 1.54) is 11.1 Å². The normalized spacial score (nSPS) is 12.0. The van der Waals surface area contributed by atoms with Crippen LogP contribution in [0.2, 0.25) is 0 Å². The van der Waals surface area contributed by atoms with E-state index in [0.717, 1.165) is 24.2 Å². The number of rotatable bonds is 4. The van der Waals surface area contributed by atoms with Crippen LogP contribution in [0.25, 0.3) is 0 Å². The lowest BCUT2D eigenvalue weighted by atomic mass is 9.88. The smallest absolute Gasteiger partial charge is 0.0857 e. The SMILES string of the molecule is CCc1ccc(/N=N/c2ccc(CC(C)(C)C)cc2)cc1. The van der Waals surface area contributed by atoms with Crippen molar-refractivity contribution in [3.63, 3.8) is 0 Å². The number of hydrogen-bond donors (Lipinski definition) is 0. The van der Waals surface area contributed by atoms with E-state index in [1.807, 2.05) is 24.3 Å². The van der Waals surface area contributed by atoms with Crippen LogP contribution in [-0.2, 0) is 12.8 Å². The first-order chi connectivity index (χ1) is 9.96. The maximum absolute atomic E-state index is 4.29. The molecule has 110 valence electrons. The van der Waals surface area contributed by atoms with Gasteiger partial charge in [-0.1, -0.05) is 52.0 Å². The molecule has 0 aliphatic heterocycles. The molecule has 2 aromatic carbocycles. The topological polar surface area (TPSA) is 24.7 Å². The molecular weight excluding hydrogens is 256 g/mol. The molecule has 0 amide bonds. The lowest BCUT2D eigenvalue weighted by Gasteiger charge is -2.17. The Balaban J connectivity index is 2.03. The summed E-state index contributed by atoms with van der Waals surface area (Å²) >= 11 is 0. The standard InChI is InChI=1S/C19H24N2/c1-5-15-6-10-17(11-7-15)20-21-18-12-8-16(9-13-18)14-19(2,3)4/h6-13H,5,14H2,1-4H3/b21-20+. The first-order valence-electron chi connectivity index (χ1n) is 7.56. The Hall–Kier alpha value is -1.96. The zero-order chi connectivity index (χ0) is 15.3. The number of aryl methyl sites for hydroxylation is 1. The van der Waals surface area contributed by atoms with Gasteiger partial charge in [0.15, 0.2) is 0 Å². The highest BCUT2D eigenvalue weighted by atomic mass is 15.1. The maximum Gasteiger partial charge on any atom is 0.0857 e. The molecule has 2 rings (SSSR count). The van der Waals surface area contributed by atoms with E-state index in [-0.39, 0.29) is 0 Å². The summed E-state index contributed by atoms with van der Waals surface area (Å²) in [5.41, 5.74) is 4.76. The molecule has 0 atom stereocenters. The Morgan fingerprint density at radius 1 is 0.714 bits per heavy atom. The van der Waals surface area contributed by atoms with Gasteiger partial charge in [-0.2, -0.15) is 10.2 Å². The summed E-state index contributed by atoms with van der Waals surface area (Å²) in [5.74, 6) is 0. The van der Waals surface area contributed by atoms with E-state index in [1.54, 1.807) is 0 Å². The fourth-order valence-electron chi connectivity index (χ4n) is 2.21. The first kappa shape index (κ1) is 15.4. The van der Waals surface area contributed by atoms with Crippen molar-refractivity contribution in [2.45, 2.75) is 40.5 Å². The highest BCUT2D eigenvalue weighted by Crippen LogP contribution is 2.23. The third kappa shape index (κ3) is 5.14. The molecule has 0 aliphatic rings. The lowest BCUT2D eigenvalue weighted by Crippen LogP contribution is -2.08. The molecular formula is C19H24N2. The third-order valence-electron chi connectivity index (χ3n) is 3.30. The molecule has 2 heteroatoms. The number of nitrogens with zero attached hydrogens (tertiary/aromatic N) is 2. The van der Waals surface area contributed by atoms with Crippen molar-refractivity contribution < 1.29 is 0 Å². The van der Waals surface area contributed by atoms with Crippen LogP contribution in [0.15, 0.2) is 58.8 Å². The van der Waals surface area contributed by atoms with Gasteiger partial charge in [0.2, 0.25) is 0 Å². The van der Waals surface area contributed by atoms with Crippen molar-refractivity contribution in [2.75, 3.05) is 0 Å². The zero-order valence-electron chi connectivity index (χ0n) is 13.4. The van der Waals surface area contributed by atoms with Crippen LogP contribution in [0.1, 0.15) is 38.8 Å². The molecule has 21 heavy (non-hydrogen) atoms. The van der Waals surface area contributed by atoms with E-state index in [4.69, 9.17) is 0 Å². The van der Waals surface area contributed by atoms with Crippen LogP contribution in [0.3, 0.4) is 0 Å². The fraction of sp³-hybridized carbons (Fsp3) is 0.368. The lowest BCUT2D eigenvalue weighted by molar-refractivity contribution is 0.411. The second-order valence-electron chi connectivity index (χ2n) is 6.62. The molecule has 0 saturated carbocycles. The van der Waals surface area contributed by atoms with Crippen molar-refractivity contribution in [1.82, 2.24) is 0 Å². The van der Waals surface area contributed by atoms with Gasteiger partial charge in [0.1, 0.15) is 0 Å². The Labute approximate surface area is 127 Å². The van der Waals surface area contributed by atoms with Crippen LogP contribution in [0, 0.1) is 5.41 Å². The molecule has 0 radical (unpaired) electrons. The average Bonchev–Trinajstić information content (AvgIpc) is 2.45. The van der Waals surface area contributed by atoms with Gasteiger partial charge in [-0.05, 0) is 53.6 Å². The second-order valence-corrected chi connectivity index (χ2v) is 6.62. The van der Waals surface area contributed by atoms with Gasteiger partial charge in [-0.15, -0.1) is 0 Å². The van der Waals surface area contributed by atoms with Gasteiger partial charge in [0.05, 0.1) is 11.4 Å². The minimum absolute atomic E-state index is 0.310. The van der Waals surface area contributed by atoms with E-state index in [9.17, 15) is 0 Å². The Kier molecular flexibility index (Phi) is 4.89. The van der Waals surface area contributed by atoms with Crippen molar-refractivity contribution >= 4 is 11.4 Å². The van der Waals surface area contributed by atoms with E-state index in [0.29, 0.717) is 5.41 Å². The second kappa shape index (κ2) is 6.66. The van der Waals surface area contributed by atoms with Crippen LogP contribution < -0.4 is 0 Å². The third-order valence-corrected chi connectivity index (χ3v) is 3.30. The molecule has 2 nitrogen and oxygen atoms in total. The molecule has 0 aromatic heterocycles. The first-order valence-corrected chi connectivity index (χ1v) is 7.56. The molecule has 2 aromatic rings. The van der Waals surface area contributed by atoms with Gasteiger partial charge in [-0.25, -0.2) is 0 Å². The van der Waals surface area contributed by atoms with Crippen LogP contribution in [0.4, 0.5) is 11.4 Å². The van der Waals surface area contributed by atoms with Crippen molar-refractivity contribution in [2.24, 2.45) is 15.6 Å². The largest absolute Gasteiger partial charge is 0.151 e. The monoisotopic (exact) mass is 280 g/mol. The van der Waals surface area contributed by atoms with E-state index >= 15 is 0 Å². The van der Waals surface area contributed by atoms with Gasteiger partial charge in [-0.3, -0.25) is 0 Å². The molecule has 0 saturated heterocycles. The van der Waals surface area contributed by atoms with Crippen LogP contribution in [-0.4, -0.2) is 0 Å². The van der Waals surface area contributed by atoms with E-state index < -0.39 is 0 Å². The summed E-state index contributed by atoms with van der Waals surface area (Å²) in [6.07, 6.45) is 2.12. The maximum atomic E-state index is 4.29. The predicted molar refractivity (Wildman–Crippen MR) is 89.6 cm³/mol. The molecule has 0 unspecified atom stereocenters. The van der Waals surface area contributed by atoms with Crippen molar-refractivity contribution in [3.05, 3.63) is 59.7 Å². The molecule has 0 heterocycles. The predicted octanol–water partition coefficient (Wildman–Crippen LogP) is 6.25. The van der Waals surface area contributed by atoms with Crippen LogP contribution >= 0.6 is 0 Å². The number of azo groups is 1. The Bertz CT molecular complexity index is 587. The quantitative estimate of drug-likeness (QED) is 0.591. The number of benzene rings is 2. The van der Waals surface area contributed by atoms with Crippen LogP contribution in [0.5, 0.6) is 0 Å². The van der Waals surface area contributed by atoms with Crippen molar-refractivity contribution in [3.8, 4) is 0 Å². The zero-order valence-corrected chi connectivity index (χ0v) is 13.4. The van der Waals surface area contributed by atoms with Gasteiger partial charge >= 0.3 is 0 Å². The van der Waals surface area contributed by atoms with E-state index in [2.05, 4.69) is 62.2 Å². The summed E-state index contributed by atoms with van der Waals surface area (Å²) in [5, 5.41) is 8.58. The minimum Gasteiger partial charge on any atom is -0.151 e. The summed E-state index contributed by atoms with van der Waals surface area (Å²) in [7, 11) is 0. The van der Waals surface area contributed by atoms with Crippen molar-refractivity contribution in [1.29, 1.82) is 0 Å².